The zero-order valence-corrected chi connectivity index (χ0v) is 22.9. The van der Waals surface area contributed by atoms with Crippen LogP contribution >= 0.6 is 0 Å². The fourth-order valence-corrected chi connectivity index (χ4v) is 7.16. The molecule has 4 aromatic rings. The van der Waals surface area contributed by atoms with Crippen LogP contribution in [-0.2, 0) is 0 Å². The molecule has 7 heteroatoms. The van der Waals surface area contributed by atoms with Gasteiger partial charge in [-0.15, -0.1) is 0 Å². The molecule has 7 rings (SSSR count). The van der Waals surface area contributed by atoms with Crippen LogP contribution in [0.2, 0.25) is 0 Å². The molecule has 1 aliphatic carbocycles. The Balaban J connectivity index is 1.60. The number of carbonyl (C=O) groups is 3. The Kier molecular flexibility index (Phi) is 5.87. The summed E-state index contributed by atoms with van der Waals surface area (Å²) in [6.45, 7) is 0. The Labute approximate surface area is 242 Å². The molecule has 42 heavy (non-hydrogen) atoms. The third-order valence-corrected chi connectivity index (χ3v) is 8.89. The Morgan fingerprint density at radius 1 is 0.833 bits per heavy atom. The lowest BCUT2D eigenvalue weighted by molar-refractivity contribution is 0.0664. The maximum atomic E-state index is 15.3. The van der Waals surface area contributed by atoms with Crippen molar-refractivity contribution >= 4 is 29.1 Å². The normalized spacial score (nSPS) is 21.2. The molecule has 1 saturated heterocycles. The molecule has 0 saturated carbocycles. The van der Waals surface area contributed by atoms with E-state index in [1.807, 2.05) is 41.3 Å². The van der Waals surface area contributed by atoms with Crippen LogP contribution in [0.25, 0.3) is 6.08 Å². The van der Waals surface area contributed by atoms with Gasteiger partial charge in [-0.2, -0.15) is 0 Å². The van der Waals surface area contributed by atoms with Gasteiger partial charge in [0, 0.05) is 28.3 Å². The second-order valence-electron chi connectivity index (χ2n) is 10.7. The summed E-state index contributed by atoms with van der Waals surface area (Å²) in [5.74, 6) is -2.16. The van der Waals surface area contributed by atoms with E-state index in [4.69, 9.17) is 9.47 Å². The molecule has 0 unspecified atom stereocenters. The van der Waals surface area contributed by atoms with Crippen molar-refractivity contribution in [3.05, 3.63) is 131 Å². The number of nitrogens with zero attached hydrogens (tertiary/aromatic N) is 1. The van der Waals surface area contributed by atoms with E-state index in [2.05, 4.69) is 0 Å². The van der Waals surface area contributed by atoms with E-state index in [-0.39, 0.29) is 17.1 Å². The van der Waals surface area contributed by atoms with Crippen molar-refractivity contribution in [2.24, 2.45) is 5.41 Å². The van der Waals surface area contributed by atoms with Gasteiger partial charge in [-0.25, -0.2) is 4.39 Å². The van der Waals surface area contributed by atoms with Crippen molar-refractivity contribution in [3.8, 4) is 11.5 Å². The summed E-state index contributed by atoms with van der Waals surface area (Å²) < 4.78 is 26.7. The number of rotatable bonds is 5. The summed E-state index contributed by atoms with van der Waals surface area (Å²) in [4.78, 5) is 46.1. The predicted octanol–water partition coefficient (Wildman–Crippen LogP) is 6.16. The number of anilines is 1. The van der Waals surface area contributed by atoms with Crippen LogP contribution in [0.4, 0.5) is 10.1 Å². The summed E-state index contributed by atoms with van der Waals surface area (Å²) in [6, 6.07) is 23.2. The first-order valence-electron chi connectivity index (χ1n) is 13.7. The zero-order valence-electron chi connectivity index (χ0n) is 22.9. The van der Waals surface area contributed by atoms with E-state index in [1.54, 1.807) is 48.5 Å². The number of carbonyl (C=O) groups excluding carboxylic acids is 3. The highest BCUT2D eigenvalue weighted by Gasteiger charge is 2.72. The monoisotopic (exact) mass is 559 g/mol. The van der Waals surface area contributed by atoms with E-state index >= 15 is 4.39 Å². The minimum atomic E-state index is -1.74. The average Bonchev–Trinajstić information content (AvgIpc) is 3.46. The lowest BCUT2D eigenvalue weighted by Gasteiger charge is -2.37. The van der Waals surface area contributed by atoms with Gasteiger partial charge in [-0.05, 0) is 42.0 Å². The first-order valence-corrected chi connectivity index (χ1v) is 13.7. The lowest BCUT2D eigenvalue weighted by Crippen LogP contribution is -2.48. The number of methoxy groups -OCH3 is 2. The van der Waals surface area contributed by atoms with Crippen molar-refractivity contribution < 1.29 is 28.2 Å². The standard InChI is InChI=1S/C35H26FNO5/c1-41-21-16-17-28(42-2)25(19-21)30-31(32(38)24-12-6-7-13-26(24)36)37-27-14-8-3-9-20(27)15-18-29(37)35(30)33(39)22-10-4-5-11-23(22)34(35)40/h3-19,29-31H,1-2H3/t29-,30+,31-/m0/s1. The van der Waals surface area contributed by atoms with Gasteiger partial charge in [0.2, 0.25) is 0 Å². The number of fused-ring (bicyclic) bond motifs is 5. The molecule has 1 fully saturated rings. The number of Topliss-reactive ketones (excluding diaryl/α,β-unsaturated/α-hetero) is 3. The molecule has 3 atom stereocenters. The largest absolute Gasteiger partial charge is 0.497 e. The van der Waals surface area contributed by atoms with Gasteiger partial charge in [0.25, 0.3) is 0 Å². The molecule has 208 valence electrons. The van der Waals surface area contributed by atoms with E-state index in [9.17, 15) is 14.4 Å². The Hall–Kier alpha value is -5.04. The zero-order chi connectivity index (χ0) is 29.2. The fraction of sp³-hybridized carbons (Fsp3) is 0.171. The summed E-state index contributed by atoms with van der Waals surface area (Å²) in [6.07, 6.45) is 3.72. The summed E-state index contributed by atoms with van der Waals surface area (Å²) >= 11 is 0. The molecule has 4 aromatic carbocycles. The van der Waals surface area contributed by atoms with Gasteiger partial charge in [0.15, 0.2) is 17.3 Å². The first-order chi connectivity index (χ1) is 20.4. The van der Waals surface area contributed by atoms with Gasteiger partial charge in [-0.3, -0.25) is 14.4 Å². The van der Waals surface area contributed by atoms with Gasteiger partial charge >= 0.3 is 0 Å². The third kappa shape index (κ3) is 3.33. The number of ether oxygens (including phenoxy) is 2. The topological polar surface area (TPSA) is 72.9 Å². The van der Waals surface area contributed by atoms with Crippen LogP contribution in [0.1, 0.15) is 48.1 Å². The van der Waals surface area contributed by atoms with E-state index in [0.717, 1.165) is 5.56 Å². The summed E-state index contributed by atoms with van der Waals surface area (Å²) in [7, 11) is 3.01. The quantitative estimate of drug-likeness (QED) is 0.216. The smallest absolute Gasteiger partial charge is 0.188 e. The van der Waals surface area contributed by atoms with Gasteiger partial charge < -0.3 is 14.4 Å². The van der Waals surface area contributed by atoms with Crippen molar-refractivity contribution in [2.45, 2.75) is 18.0 Å². The molecule has 3 aliphatic rings. The Bertz CT molecular complexity index is 1790. The fourth-order valence-electron chi connectivity index (χ4n) is 7.16. The van der Waals surface area contributed by atoms with Crippen LogP contribution in [0.15, 0.2) is 97.1 Å². The van der Waals surface area contributed by atoms with Crippen molar-refractivity contribution in [3.63, 3.8) is 0 Å². The van der Waals surface area contributed by atoms with Crippen LogP contribution in [0.5, 0.6) is 11.5 Å². The first kappa shape index (κ1) is 25.9. The highest BCUT2D eigenvalue weighted by molar-refractivity contribution is 6.32. The summed E-state index contributed by atoms with van der Waals surface area (Å²) in [5, 5.41) is 0. The lowest BCUT2D eigenvalue weighted by atomic mass is 9.64. The molecule has 0 N–H and O–H groups in total. The molecule has 2 aliphatic heterocycles. The van der Waals surface area contributed by atoms with Crippen LogP contribution in [0, 0.1) is 11.2 Å². The second kappa shape index (κ2) is 9.52. The molecule has 0 amide bonds. The number of halogens is 1. The molecule has 0 bridgehead atoms. The van der Waals surface area contributed by atoms with Crippen LogP contribution in [-0.4, -0.2) is 43.7 Å². The van der Waals surface area contributed by atoms with E-state index in [0.29, 0.717) is 33.9 Å². The maximum absolute atomic E-state index is 15.3. The highest BCUT2D eigenvalue weighted by atomic mass is 19.1. The average molecular weight is 560 g/mol. The molecule has 6 nitrogen and oxygen atoms in total. The molecule has 1 spiro atoms. The number of hydrogen-bond acceptors (Lipinski definition) is 6. The molecular formula is C35H26FNO5. The van der Waals surface area contributed by atoms with Gasteiger partial charge in [0.05, 0.1) is 25.8 Å². The van der Waals surface area contributed by atoms with E-state index in [1.165, 1.54) is 32.4 Å². The number of hydrogen-bond donors (Lipinski definition) is 0. The number of para-hydroxylation sites is 1. The molecule has 2 heterocycles. The number of benzene rings is 4. The van der Waals surface area contributed by atoms with Crippen molar-refractivity contribution in [2.75, 3.05) is 19.1 Å². The SMILES string of the molecule is COc1ccc(OC)c([C@@H]2[C@@H](C(=O)c3ccccc3F)N3c4ccccc4C=C[C@H]3C23C(=O)c2ccccc2C3=O)c1. The van der Waals surface area contributed by atoms with Crippen molar-refractivity contribution in [1.82, 2.24) is 0 Å². The predicted molar refractivity (Wildman–Crippen MR) is 156 cm³/mol. The van der Waals surface area contributed by atoms with Crippen molar-refractivity contribution in [1.29, 1.82) is 0 Å². The van der Waals surface area contributed by atoms with Crippen LogP contribution < -0.4 is 14.4 Å². The van der Waals surface area contributed by atoms with Gasteiger partial charge in [0.1, 0.15) is 28.8 Å². The maximum Gasteiger partial charge on any atom is 0.188 e. The van der Waals surface area contributed by atoms with Gasteiger partial charge in [-0.1, -0.05) is 66.7 Å². The minimum Gasteiger partial charge on any atom is -0.497 e. The second-order valence-corrected chi connectivity index (χ2v) is 10.7. The molecule has 0 radical (unpaired) electrons. The van der Waals surface area contributed by atoms with Crippen LogP contribution in [0.3, 0.4) is 0 Å². The highest BCUT2D eigenvalue weighted by Crippen LogP contribution is 2.62. The van der Waals surface area contributed by atoms with E-state index < -0.39 is 35.0 Å². The molecular weight excluding hydrogens is 533 g/mol. The third-order valence-electron chi connectivity index (χ3n) is 8.89. The minimum absolute atomic E-state index is 0.118. The molecule has 0 aromatic heterocycles. The Morgan fingerprint density at radius 2 is 1.50 bits per heavy atom. The Morgan fingerprint density at radius 3 is 2.19 bits per heavy atom. The summed E-state index contributed by atoms with van der Waals surface area (Å²) in [5.41, 5.74) is 0.720. The number of ketones is 3.